The van der Waals surface area contributed by atoms with Crippen LogP contribution >= 0.6 is 0 Å². The molecule has 4 rings (SSSR count). The lowest BCUT2D eigenvalue weighted by molar-refractivity contribution is -0.142. The van der Waals surface area contributed by atoms with E-state index < -0.39 is 0 Å². The summed E-state index contributed by atoms with van der Waals surface area (Å²) in [4.78, 5) is 18.2. The maximum atomic E-state index is 13.4. The van der Waals surface area contributed by atoms with Gasteiger partial charge in [-0.05, 0) is 62.7 Å². The number of nitrogens with zero attached hydrogens (tertiary/aromatic N) is 2. The van der Waals surface area contributed by atoms with Gasteiger partial charge in [-0.1, -0.05) is 20.8 Å². The minimum Gasteiger partial charge on any atom is -0.337 e. The van der Waals surface area contributed by atoms with Gasteiger partial charge in [-0.2, -0.15) is 0 Å². The van der Waals surface area contributed by atoms with Gasteiger partial charge in [0, 0.05) is 24.7 Å². The van der Waals surface area contributed by atoms with Crippen molar-refractivity contribution in [3.8, 4) is 0 Å². The number of fused-ring (bicyclic) bond motifs is 2. The molecule has 3 heteroatoms. The number of carbonyl (C=O) groups excluding carboxylic acids is 1. The summed E-state index contributed by atoms with van der Waals surface area (Å²) in [6.45, 7) is 15.9. The van der Waals surface area contributed by atoms with E-state index >= 15 is 0 Å². The van der Waals surface area contributed by atoms with Crippen molar-refractivity contribution in [2.75, 3.05) is 13.1 Å². The number of rotatable bonds is 1. The van der Waals surface area contributed by atoms with Crippen molar-refractivity contribution in [2.24, 2.45) is 29.1 Å². The molecule has 4 fully saturated rings. The van der Waals surface area contributed by atoms with Crippen molar-refractivity contribution in [3.63, 3.8) is 0 Å². The molecule has 0 N–H and O–H groups in total. The van der Waals surface area contributed by atoms with Crippen LogP contribution in [0.4, 0.5) is 0 Å². The zero-order valence-corrected chi connectivity index (χ0v) is 15.1. The fourth-order valence-corrected chi connectivity index (χ4v) is 5.44. The van der Waals surface area contributed by atoms with Crippen LogP contribution in [0.3, 0.4) is 0 Å². The second kappa shape index (κ2) is 4.28. The first-order valence-corrected chi connectivity index (χ1v) is 9.16. The van der Waals surface area contributed by atoms with Crippen molar-refractivity contribution < 1.29 is 4.79 Å². The third-order valence-electron chi connectivity index (χ3n) is 6.58. The van der Waals surface area contributed by atoms with Crippen LogP contribution in [0, 0.1) is 29.1 Å². The highest BCUT2D eigenvalue weighted by Crippen LogP contribution is 2.57. The van der Waals surface area contributed by atoms with Gasteiger partial charge in [0.05, 0.1) is 6.04 Å². The normalized spacial score (nSPS) is 44.0. The fourth-order valence-electron chi connectivity index (χ4n) is 5.44. The average molecular weight is 304 g/mol. The Morgan fingerprint density at radius 2 is 1.50 bits per heavy atom. The number of likely N-dealkylation sites (tertiary alicyclic amines) is 2. The zero-order chi connectivity index (χ0) is 16.0. The number of hydrogen-bond acceptors (Lipinski definition) is 2. The molecule has 2 unspecified atom stereocenters. The van der Waals surface area contributed by atoms with Crippen LogP contribution in [-0.2, 0) is 4.79 Å². The quantitative estimate of drug-likeness (QED) is 0.743. The summed E-state index contributed by atoms with van der Waals surface area (Å²) in [5.74, 6) is 3.46. The predicted molar refractivity (Wildman–Crippen MR) is 88.4 cm³/mol. The van der Waals surface area contributed by atoms with E-state index in [1.54, 1.807) is 0 Å². The molecule has 2 saturated carbocycles. The summed E-state index contributed by atoms with van der Waals surface area (Å²) < 4.78 is 0. The van der Waals surface area contributed by atoms with Gasteiger partial charge in [-0.3, -0.25) is 9.69 Å². The molecule has 0 bridgehead atoms. The van der Waals surface area contributed by atoms with Crippen molar-refractivity contribution in [2.45, 2.75) is 72.0 Å². The van der Waals surface area contributed by atoms with Crippen molar-refractivity contribution in [1.82, 2.24) is 9.80 Å². The summed E-state index contributed by atoms with van der Waals surface area (Å²) in [6, 6.07) is 0.622. The van der Waals surface area contributed by atoms with Crippen LogP contribution < -0.4 is 0 Å². The number of hydrogen-bond donors (Lipinski definition) is 0. The Kier molecular flexibility index (Phi) is 2.92. The van der Waals surface area contributed by atoms with Crippen molar-refractivity contribution >= 4 is 5.91 Å². The van der Waals surface area contributed by atoms with Gasteiger partial charge in [-0.15, -0.1) is 0 Å². The maximum absolute atomic E-state index is 13.4. The van der Waals surface area contributed by atoms with Crippen LogP contribution in [0.15, 0.2) is 0 Å². The molecule has 124 valence electrons. The van der Waals surface area contributed by atoms with Crippen LogP contribution in [0.5, 0.6) is 0 Å². The molecule has 0 aromatic rings. The SMILES string of the molecule is CC(C)(C)C1[C@@H]2C[C@@H]2CN1C(=O)C1[C@@H]2C[C@@H]2CN1C(C)(C)C. The first kappa shape index (κ1) is 15.0. The van der Waals surface area contributed by atoms with Crippen LogP contribution in [0.2, 0.25) is 0 Å². The molecule has 22 heavy (non-hydrogen) atoms. The number of carbonyl (C=O) groups is 1. The maximum Gasteiger partial charge on any atom is 0.240 e. The molecule has 2 aliphatic heterocycles. The van der Waals surface area contributed by atoms with Gasteiger partial charge >= 0.3 is 0 Å². The predicted octanol–water partition coefficient (Wildman–Crippen LogP) is 3.00. The van der Waals surface area contributed by atoms with Crippen molar-refractivity contribution in [1.29, 1.82) is 0 Å². The smallest absolute Gasteiger partial charge is 0.240 e. The van der Waals surface area contributed by atoms with Gasteiger partial charge in [-0.25, -0.2) is 0 Å². The largest absolute Gasteiger partial charge is 0.337 e. The minimum absolute atomic E-state index is 0.105. The first-order chi connectivity index (χ1) is 10.1. The van der Waals surface area contributed by atoms with E-state index in [-0.39, 0.29) is 17.0 Å². The molecule has 3 nitrogen and oxygen atoms in total. The molecule has 1 amide bonds. The van der Waals surface area contributed by atoms with E-state index in [0.29, 0.717) is 17.9 Å². The van der Waals surface area contributed by atoms with Crippen LogP contribution in [-0.4, -0.2) is 46.4 Å². The molecule has 4 aliphatic rings. The fraction of sp³-hybridized carbons (Fsp3) is 0.947. The highest BCUT2D eigenvalue weighted by atomic mass is 16.2. The second-order valence-corrected chi connectivity index (χ2v) is 10.4. The molecule has 6 atom stereocenters. The van der Waals surface area contributed by atoms with Gasteiger partial charge < -0.3 is 4.90 Å². The zero-order valence-electron chi connectivity index (χ0n) is 15.1. The van der Waals surface area contributed by atoms with E-state index in [2.05, 4.69) is 51.3 Å². The Hall–Kier alpha value is -0.570. The third kappa shape index (κ3) is 2.15. The highest BCUT2D eigenvalue weighted by molar-refractivity contribution is 5.84. The van der Waals surface area contributed by atoms with Crippen LogP contribution in [0.1, 0.15) is 54.4 Å². The molecule has 2 heterocycles. The topological polar surface area (TPSA) is 23.6 Å². The van der Waals surface area contributed by atoms with Crippen LogP contribution in [0.25, 0.3) is 0 Å². The molecule has 0 aromatic heterocycles. The standard InChI is InChI=1S/C19H32N2O/c1-18(2,3)16-14-8-11(14)9-20(16)17(22)15-13-7-12(13)10-21(15)19(4,5)6/h11-16H,7-10H2,1-6H3/t11-,12-,13-,14-,15?,16?/m1/s1. The molecule has 0 aromatic carbocycles. The summed E-state index contributed by atoms with van der Waals surface area (Å²) in [5, 5.41) is 0. The monoisotopic (exact) mass is 304 g/mol. The van der Waals surface area contributed by atoms with E-state index in [9.17, 15) is 4.79 Å². The first-order valence-electron chi connectivity index (χ1n) is 9.16. The molecular weight excluding hydrogens is 272 g/mol. The Morgan fingerprint density at radius 3 is 2.09 bits per heavy atom. The molecule has 0 radical (unpaired) electrons. The van der Waals surface area contributed by atoms with Gasteiger partial charge in [0.15, 0.2) is 0 Å². The lowest BCUT2D eigenvalue weighted by Gasteiger charge is -2.43. The van der Waals surface area contributed by atoms with E-state index in [0.717, 1.165) is 30.8 Å². The minimum atomic E-state index is 0.105. The number of piperidine rings is 2. The highest BCUT2D eigenvalue weighted by Gasteiger charge is 2.62. The van der Waals surface area contributed by atoms with Gasteiger partial charge in [0.25, 0.3) is 0 Å². The van der Waals surface area contributed by atoms with Gasteiger partial charge in [0.2, 0.25) is 5.91 Å². The lowest BCUT2D eigenvalue weighted by atomic mass is 9.83. The molecule has 2 aliphatic carbocycles. The van der Waals surface area contributed by atoms with E-state index in [1.807, 2.05) is 0 Å². The molecule has 0 spiro atoms. The van der Waals surface area contributed by atoms with Crippen molar-refractivity contribution in [3.05, 3.63) is 0 Å². The summed E-state index contributed by atoms with van der Waals surface area (Å²) >= 11 is 0. The summed E-state index contributed by atoms with van der Waals surface area (Å²) in [5.41, 5.74) is 0.313. The summed E-state index contributed by atoms with van der Waals surface area (Å²) in [6.07, 6.45) is 2.63. The average Bonchev–Trinajstić information content (AvgIpc) is 3.24. The Morgan fingerprint density at radius 1 is 0.909 bits per heavy atom. The Balaban J connectivity index is 1.59. The second-order valence-electron chi connectivity index (χ2n) is 10.4. The Bertz CT molecular complexity index is 501. The third-order valence-corrected chi connectivity index (χ3v) is 6.58. The number of amides is 1. The molecule has 2 saturated heterocycles. The van der Waals surface area contributed by atoms with E-state index in [4.69, 9.17) is 0 Å². The van der Waals surface area contributed by atoms with Gasteiger partial charge in [0.1, 0.15) is 0 Å². The lowest BCUT2D eigenvalue weighted by Crippen LogP contribution is -2.57. The summed E-state index contributed by atoms with van der Waals surface area (Å²) in [7, 11) is 0. The molecular formula is C19H32N2O. The van der Waals surface area contributed by atoms with E-state index in [1.165, 1.54) is 12.8 Å². The Labute approximate surface area is 135 Å².